The van der Waals surface area contributed by atoms with Gasteiger partial charge in [0.15, 0.2) is 0 Å². The van der Waals surface area contributed by atoms with E-state index in [0.717, 1.165) is 70.3 Å². The zero-order chi connectivity index (χ0) is 18.1. The highest BCUT2D eigenvalue weighted by atomic mass is 32.1. The van der Waals surface area contributed by atoms with E-state index in [4.69, 9.17) is 0 Å². The Labute approximate surface area is 159 Å². The third kappa shape index (κ3) is 4.12. The smallest absolute Gasteiger partial charge is 0.254 e. The summed E-state index contributed by atoms with van der Waals surface area (Å²) in [6.07, 6.45) is 6.47. The Hall–Kier alpha value is -1.40. The van der Waals surface area contributed by atoms with E-state index in [0.29, 0.717) is 12.1 Å². The van der Waals surface area contributed by atoms with E-state index >= 15 is 0 Å². The first-order valence-electron chi connectivity index (χ1n) is 9.99. The second-order valence-corrected chi connectivity index (χ2v) is 9.20. The monoisotopic (exact) mass is 375 g/mol. The lowest BCUT2D eigenvalue weighted by molar-refractivity contribution is -0.127. The van der Waals surface area contributed by atoms with Gasteiger partial charge < -0.3 is 10.2 Å². The van der Waals surface area contributed by atoms with Crippen molar-refractivity contribution in [3.05, 3.63) is 21.9 Å². The minimum atomic E-state index is 0.151. The molecule has 0 unspecified atom stereocenters. The fourth-order valence-corrected chi connectivity index (χ4v) is 4.95. The van der Waals surface area contributed by atoms with E-state index in [2.05, 4.69) is 10.2 Å². The van der Waals surface area contributed by atoms with Crippen LogP contribution >= 0.6 is 11.3 Å². The number of aryl methyl sites for hydroxylation is 1. The van der Waals surface area contributed by atoms with E-state index in [1.165, 1.54) is 4.88 Å². The summed E-state index contributed by atoms with van der Waals surface area (Å²) in [5.74, 6) is 0.587. The molecule has 1 aromatic heterocycles. The maximum Gasteiger partial charge on any atom is 0.254 e. The standard InChI is InChI=1S/C20H29N3O2S/c1-14-11-16(13-26-14)20(25)22-9-6-18(7-10-22)23-8-2-3-15(12-23)19(24)21-17-4-5-17/h11,13,15,17-18H,2-10,12H2,1H3,(H,21,24)/t15-/m0/s1. The minimum Gasteiger partial charge on any atom is -0.353 e. The molecular weight excluding hydrogens is 346 g/mol. The third-order valence-corrected chi connectivity index (χ3v) is 6.85. The number of piperidine rings is 2. The van der Waals surface area contributed by atoms with Crippen molar-refractivity contribution in [1.29, 1.82) is 0 Å². The molecule has 26 heavy (non-hydrogen) atoms. The van der Waals surface area contributed by atoms with Gasteiger partial charge in [-0.1, -0.05) is 0 Å². The van der Waals surface area contributed by atoms with Crippen molar-refractivity contribution in [3.8, 4) is 0 Å². The van der Waals surface area contributed by atoms with Crippen LogP contribution in [0.4, 0.5) is 0 Å². The first kappa shape index (κ1) is 18.0. The van der Waals surface area contributed by atoms with Gasteiger partial charge in [-0.15, -0.1) is 11.3 Å². The SMILES string of the molecule is Cc1cc(C(=O)N2CCC(N3CCC[C@H](C(=O)NC4CC4)C3)CC2)cs1. The van der Waals surface area contributed by atoms with E-state index in [9.17, 15) is 9.59 Å². The second kappa shape index (κ2) is 7.69. The fraction of sp³-hybridized carbons (Fsp3) is 0.700. The van der Waals surface area contributed by atoms with Gasteiger partial charge in [0, 0.05) is 42.0 Å². The zero-order valence-corrected chi connectivity index (χ0v) is 16.4. The Morgan fingerprint density at radius 2 is 1.88 bits per heavy atom. The summed E-state index contributed by atoms with van der Waals surface area (Å²) in [5.41, 5.74) is 0.834. The van der Waals surface area contributed by atoms with Crippen LogP contribution < -0.4 is 5.32 Å². The second-order valence-electron chi connectivity index (χ2n) is 8.09. The fourth-order valence-electron chi connectivity index (χ4n) is 4.27. The lowest BCUT2D eigenvalue weighted by Crippen LogP contribution is -2.51. The van der Waals surface area contributed by atoms with Crippen molar-refractivity contribution in [2.45, 2.75) is 57.5 Å². The van der Waals surface area contributed by atoms with Crippen molar-refractivity contribution >= 4 is 23.2 Å². The van der Waals surface area contributed by atoms with Crippen LogP contribution in [0.3, 0.4) is 0 Å². The highest BCUT2D eigenvalue weighted by molar-refractivity contribution is 7.10. The van der Waals surface area contributed by atoms with Crippen molar-refractivity contribution in [2.24, 2.45) is 5.92 Å². The molecule has 1 N–H and O–H groups in total. The lowest BCUT2D eigenvalue weighted by Gasteiger charge is -2.42. The van der Waals surface area contributed by atoms with Crippen molar-refractivity contribution in [1.82, 2.24) is 15.1 Å². The van der Waals surface area contributed by atoms with Crippen LogP contribution in [0.15, 0.2) is 11.4 Å². The highest BCUT2D eigenvalue weighted by Gasteiger charge is 2.34. The van der Waals surface area contributed by atoms with Crippen molar-refractivity contribution < 1.29 is 9.59 Å². The summed E-state index contributed by atoms with van der Waals surface area (Å²) in [6.45, 7) is 5.68. The van der Waals surface area contributed by atoms with Crippen LogP contribution in [0.5, 0.6) is 0 Å². The molecule has 1 saturated carbocycles. The van der Waals surface area contributed by atoms with Crippen molar-refractivity contribution in [2.75, 3.05) is 26.2 Å². The maximum absolute atomic E-state index is 12.6. The van der Waals surface area contributed by atoms with Crippen LogP contribution in [0, 0.1) is 12.8 Å². The predicted molar refractivity (Wildman–Crippen MR) is 103 cm³/mol. The molecule has 1 aliphatic carbocycles. The van der Waals surface area contributed by atoms with E-state index in [1.54, 1.807) is 11.3 Å². The molecule has 0 spiro atoms. The normalized spacial score (nSPS) is 25.3. The van der Waals surface area contributed by atoms with Crippen LogP contribution in [0.25, 0.3) is 0 Å². The number of carbonyl (C=O) groups excluding carboxylic acids is 2. The lowest BCUT2D eigenvalue weighted by atomic mass is 9.93. The molecule has 1 atom stereocenters. The van der Waals surface area contributed by atoms with Gasteiger partial charge in [0.1, 0.15) is 0 Å². The molecule has 2 amide bonds. The summed E-state index contributed by atoms with van der Waals surface area (Å²) < 4.78 is 0. The molecule has 142 valence electrons. The molecule has 5 nitrogen and oxygen atoms in total. The van der Waals surface area contributed by atoms with Gasteiger partial charge in [-0.25, -0.2) is 0 Å². The average molecular weight is 376 g/mol. The van der Waals surface area contributed by atoms with Crippen LogP contribution in [-0.4, -0.2) is 59.9 Å². The Morgan fingerprint density at radius 3 is 2.54 bits per heavy atom. The highest BCUT2D eigenvalue weighted by Crippen LogP contribution is 2.26. The van der Waals surface area contributed by atoms with Gasteiger partial charge in [0.2, 0.25) is 5.91 Å². The summed E-state index contributed by atoms with van der Waals surface area (Å²) in [4.78, 5) is 30.7. The van der Waals surface area contributed by atoms with Gasteiger partial charge in [-0.05, 0) is 58.1 Å². The number of amides is 2. The molecule has 4 rings (SSSR count). The van der Waals surface area contributed by atoms with Gasteiger partial charge in [0.25, 0.3) is 5.91 Å². The summed E-state index contributed by atoms with van der Waals surface area (Å²) in [6, 6.07) is 2.96. The number of nitrogens with zero attached hydrogens (tertiary/aromatic N) is 2. The molecule has 3 fully saturated rings. The molecule has 2 saturated heterocycles. The molecule has 2 aliphatic heterocycles. The van der Waals surface area contributed by atoms with Gasteiger partial charge >= 0.3 is 0 Å². The zero-order valence-electron chi connectivity index (χ0n) is 15.6. The predicted octanol–water partition coefficient (Wildman–Crippen LogP) is 2.65. The molecule has 1 aromatic rings. The van der Waals surface area contributed by atoms with Gasteiger partial charge in [-0.3, -0.25) is 14.5 Å². The Morgan fingerprint density at radius 1 is 1.12 bits per heavy atom. The number of hydrogen-bond donors (Lipinski definition) is 1. The Bertz CT molecular complexity index is 662. The van der Waals surface area contributed by atoms with E-state index in [-0.39, 0.29) is 17.7 Å². The number of hydrogen-bond acceptors (Lipinski definition) is 4. The van der Waals surface area contributed by atoms with Crippen LogP contribution in [0.2, 0.25) is 0 Å². The summed E-state index contributed by atoms with van der Waals surface area (Å²) >= 11 is 1.64. The van der Waals surface area contributed by atoms with Crippen LogP contribution in [-0.2, 0) is 4.79 Å². The maximum atomic E-state index is 12.6. The third-order valence-electron chi connectivity index (χ3n) is 5.99. The van der Waals surface area contributed by atoms with Gasteiger partial charge in [0.05, 0.1) is 11.5 Å². The van der Waals surface area contributed by atoms with E-state index < -0.39 is 0 Å². The molecular formula is C20H29N3O2S. The van der Waals surface area contributed by atoms with E-state index in [1.807, 2.05) is 23.3 Å². The summed E-state index contributed by atoms with van der Waals surface area (Å²) in [7, 11) is 0. The molecule has 6 heteroatoms. The average Bonchev–Trinajstić information content (AvgIpc) is 3.38. The first-order chi connectivity index (χ1) is 12.6. The van der Waals surface area contributed by atoms with Crippen molar-refractivity contribution in [3.63, 3.8) is 0 Å². The number of carbonyl (C=O) groups is 2. The minimum absolute atomic E-state index is 0.151. The largest absolute Gasteiger partial charge is 0.353 e. The Kier molecular flexibility index (Phi) is 5.32. The molecule has 0 radical (unpaired) electrons. The van der Waals surface area contributed by atoms with Gasteiger partial charge in [-0.2, -0.15) is 0 Å². The number of nitrogens with one attached hydrogen (secondary N) is 1. The summed E-state index contributed by atoms with van der Waals surface area (Å²) in [5, 5.41) is 5.14. The molecule has 3 heterocycles. The number of rotatable bonds is 4. The number of thiophene rings is 1. The topological polar surface area (TPSA) is 52.7 Å². The molecule has 0 bridgehead atoms. The number of likely N-dealkylation sites (tertiary alicyclic amines) is 2. The molecule has 0 aromatic carbocycles. The molecule has 3 aliphatic rings. The quantitative estimate of drug-likeness (QED) is 0.880. The Balaban J connectivity index is 1.28. The van der Waals surface area contributed by atoms with Crippen LogP contribution in [0.1, 0.15) is 53.8 Å². The first-order valence-corrected chi connectivity index (χ1v) is 10.9.